The molecule has 3 rings (SSSR count). The van der Waals surface area contributed by atoms with Gasteiger partial charge in [-0.15, -0.1) is 22.7 Å². The van der Waals surface area contributed by atoms with E-state index in [1.807, 2.05) is 11.3 Å². The number of halogens is 2. The molecule has 0 bridgehead atoms. The van der Waals surface area contributed by atoms with Crippen LogP contribution in [-0.2, 0) is 6.42 Å². The Balaban J connectivity index is 1.91. The molecule has 0 aromatic carbocycles. The van der Waals surface area contributed by atoms with Crippen LogP contribution >= 0.6 is 50.2 Å². The van der Waals surface area contributed by atoms with Crippen LogP contribution in [0.2, 0.25) is 4.34 Å². The Kier molecular flexibility index (Phi) is 4.55. The van der Waals surface area contributed by atoms with Gasteiger partial charge in [-0.3, -0.25) is 4.90 Å². The van der Waals surface area contributed by atoms with E-state index in [1.165, 1.54) is 15.3 Å². The predicted octanol–water partition coefficient (Wildman–Crippen LogP) is 4.84. The highest BCUT2D eigenvalue weighted by Crippen LogP contribution is 2.42. The van der Waals surface area contributed by atoms with Gasteiger partial charge in [0.1, 0.15) is 4.34 Å². The summed E-state index contributed by atoms with van der Waals surface area (Å²) in [6.07, 6.45) is 1.12. The number of hydrogen-bond donors (Lipinski definition) is 1. The Hall–Kier alpha value is 0.0900. The van der Waals surface area contributed by atoms with Crippen molar-refractivity contribution in [1.82, 2.24) is 4.90 Å². The lowest BCUT2D eigenvalue weighted by molar-refractivity contribution is 0.141. The first-order valence-corrected chi connectivity index (χ1v) is 9.45. The van der Waals surface area contributed by atoms with Gasteiger partial charge in [-0.2, -0.15) is 0 Å². The number of nitrogens with zero attached hydrogens (tertiary/aromatic N) is 1. The van der Waals surface area contributed by atoms with E-state index >= 15 is 0 Å². The largest absolute Gasteiger partial charge is 0.329 e. The summed E-state index contributed by atoms with van der Waals surface area (Å²) in [5, 5.41) is 2.20. The lowest BCUT2D eigenvalue weighted by Gasteiger charge is -2.38. The van der Waals surface area contributed by atoms with Crippen molar-refractivity contribution in [3.8, 4) is 0 Å². The first kappa shape index (κ1) is 15.0. The van der Waals surface area contributed by atoms with Gasteiger partial charge in [0, 0.05) is 33.4 Å². The molecule has 108 valence electrons. The Morgan fingerprint density at radius 1 is 1.60 bits per heavy atom. The third kappa shape index (κ3) is 2.60. The van der Waals surface area contributed by atoms with Gasteiger partial charge in [0.25, 0.3) is 0 Å². The van der Waals surface area contributed by atoms with Crippen LogP contribution in [0.3, 0.4) is 0 Å². The molecule has 0 saturated carbocycles. The molecule has 0 spiro atoms. The van der Waals surface area contributed by atoms with Crippen molar-refractivity contribution in [1.29, 1.82) is 0 Å². The van der Waals surface area contributed by atoms with Crippen LogP contribution in [0.25, 0.3) is 0 Å². The summed E-state index contributed by atoms with van der Waals surface area (Å²) in [6, 6.07) is 5.02. The van der Waals surface area contributed by atoms with E-state index in [4.69, 9.17) is 17.3 Å². The van der Waals surface area contributed by atoms with E-state index in [0.717, 1.165) is 21.8 Å². The smallest absolute Gasteiger partial charge is 0.107 e. The minimum Gasteiger partial charge on any atom is -0.329 e. The van der Waals surface area contributed by atoms with Gasteiger partial charge in [0.05, 0.1) is 6.04 Å². The Bertz CT molecular complexity index is 591. The fourth-order valence-electron chi connectivity index (χ4n) is 2.90. The topological polar surface area (TPSA) is 29.3 Å². The van der Waals surface area contributed by atoms with Crippen molar-refractivity contribution < 1.29 is 0 Å². The fourth-order valence-corrected chi connectivity index (χ4v) is 5.73. The number of fused-ring (bicyclic) bond motifs is 1. The third-order valence-corrected chi connectivity index (χ3v) is 7.51. The Labute approximate surface area is 140 Å². The molecule has 2 atom stereocenters. The third-order valence-electron chi connectivity index (χ3n) is 3.94. The maximum atomic E-state index is 6.18. The zero-order valence-corrected chi connectivity index (χ0v) is 15.1. The minimum atomic E-state index is 0.242. The predicted molar refractivity (Wildman–Crippen MR) is 92.0 cm³/mol. The Morgan fingerprint density at radius 3 is 3.05 bits per heavy atom. The minimum absolute atomic E-state index is 0.242. The lowest BCUT2D eigenvalue weighted by atomic mass is 9.98. The standard InChI is InChI=1S/C14H16BrClN2S2/c1-8-9-3-5-19-12(9)2-4-18(8)11(7-17)13-6-10(15)14(16)20-13/h3,5-6,8,11H,2,4,7,17H2,1H3. The average molecular weight is 392 g/mol. The molecule has 0 amide bonds. The molecule has 2 nitrogen and oxygen atoms in total. The number of hydrogen-bond acceptors (Lipinski definition) is 4. The zero-order chi connectivity index (χ0) is 14.3. The van der Waals surface area contributed by atoms with Gasteiger partial charge >= 0.3 is 0 Å². The highest BCUT2D eigenvalue weighted by atomic mass is 79.9. The number of thiophene rings is 2. The zero-order valence-electron chi connectivity index (χ0n) is 11.1. The Morgan fingerprint density at radius 2 is 2.40 bits per heavy atom. The highest BCUT2D eigenvalue weighted by molar-refractivity contribution is 9.10. The number of nitrogens with two attached hydrogens (primary N) is 1. The summed E-state index contributed by atoms with van der Waals surface area (Å²) < 4.78 is 1.78. The normalized spacial score (nSPS) is 20.9. The molecule has 2 unspecified atom stereocenters. The van der Waals surface area contributed by atoms with Crippen molar-refractivity contribution in [3.05, 3.63) is 41.6 Å². The second-order valence-electron chi connectivity index (χ2n) is 4.98. The molecule has 6 heteroatoms. The summed E-state index contributed by atoms with van der Waals surface area (Å²) in [7, 11) is 0. The summed E-state index contributed by atoms with van der Waals surface area (Å²) in [5.41, 5.74) is 7.52. The molecule has 2 N–H and O–H groups in total. The molecule has 0 saturated heterocycles. The molecular weight excluding hydrogens is 376 g/mol. The van der Waals surface area contributed by atoms with Gasteiger partial charge in [-0.05, 0) is 52.4 Å². The van der Waals surface area contributed by atoms with Gasteiger partial charge in [-0.25, -0.2) is 0 Å². The van der Waals surface area contributed by atoms with Crippen LogP contribution < -0.4 is 5.73 Å². The highest BCUT2D eigenvalue weighted by Gasteiger charge is 2.31. The van der Waals surface area contributed by atoms with E-state index in [-0.39, 0.29) is 6.04 Å². The van der Waals surface area contributed by atoms with Gasteiger partial charge in [0.15, 0.2) is 0 Å². The van der Waals surface area contributed by atoms with Crippen molar-refractivity contribution in [3.63, 3.8) is 0 Å². The SMILES string of the molecule is CC1c2ccsc2CCN1C(CN)c1cc(Br)c(Cl)s1. The first-order chi connectivity index (χ1) is 9.61. The van der Waals surface area contributed by atoms with Crippen molar-refractivity contribution >= 4 is 50.2 Å². The van der Waals surface area contributed by atoms with E-state index in [9.17, 15) is 0 Å². The molecule has 20 heavy (non-hydrogen) atoms. The molecular formula is C14H16BrClN2S2. The second kappa shape index (κ2) is 6.07. The van der Waals surface area contributed by atoms with Gasteiger partial charge in [0.2, 0.25) is 0 Å². The molecule has 0 radical (unpaired) electrons. The van der Waals surface area contributed by atoms with E-state index < -0.39 is 0 Å². The molecule has 0 fully saturated rings. The first-order valence-electron chi connectivity index (χ1n) is 6.58. The van der Waals surface area contributed by atoms with Crippen LogP contribution in [0.5, 0.6) is 0 Å². The number of rotatable bonds is 3. The van der Waals surface area contributed by atoms with E-state index in [1.54, 1.807) is 11.3 Å². The lowest BCUT2D eigenvalue weighted by Crippen LogP contribution is -2.39. The molecule has 2 aromatic heterocycles. The quantitative estimate of drug-likeness (QED) is 0.810. The maximum absolute atomic E-state index is 6.18. The van der Waals surface area contributed by atoms with Crippen LogP contribution in [0.15, 0.2) is 22.0 Å². The van der Waals surface area contributed by atoms with Crippen LogP contribution in [0, 0.1) is 0 Å². The molecule has 2 aromatic rings. The summed E-state index contributed by atoms with van der Waals surface area (Å²) in [4.78, 5) is 5.27. The molecule has 1 aliphatic heterocycles. The second-order valence-corrected chi connectivity index (χ2v) is 8.53. The van der Waals surface area contributed by atoms with Crippen LogP contribution in [-0.4, -0.2) is 18.0 Å². The summed E-state index contributed by atoms with van der Waals surface area (Å²) >= 11 is 13.2. The van der Waals surface area contributed by atoms with Crippen molar-refractivity contribution in [2.75, 3.05) is 13.1 Å². The fraction of sp³-hybridized carbons (Fsp3) is 0.429. The van der Waals surface area contributed by atoms with Crippen LogP contribution in [0.1, 0.15) is 34.3 Å². The van der Waals surface area contributed by atoms with E-state index in [0.29, 0.717) is 12.6 Å². The van der Waals surface area contributed by atoms with E-state index in [2.05, 4.69) is 45.3 Å². The van der Waals surface area contributed by atoms with Gasteiger partial charge in [-0.1, -0.05) is 11.6 Å². The van der Waals surface area contributed by atoms with Crippen LogP contribution in [0.4, 0.5) is 0 Å². The average Bonchev–Trinajstić information content (AvgIpc) is 3.02. The summed E-state index contributed by atoms with van der Waals surface area (Å²) in [6.45, 7) is 3.95. The molecule has 0 aliphatic carbocycles. The molecule has 1 aliphatic rings. The summed E-state index contributed by atoms with van der Waals surface area (Å²) in [5.74, 6) is 0. The van der Waals surface area contributed by atoms with Crippen molar-refractivity contribution in [2.24, 2.45) is 5.73 Å². The van der Waals surface area contributed by atoms with Gasteiger partial charge < -0.3 is 5.73 Å². The van der Waals surface area contributed by atoms with Crippen molar-refractivity contribution in [2.45, 2.75) is 25.4 Å². The molecule has 3 heterocycles. The maximum Gasteiger partial charge on any atom is 0.107 e. The monoisotopic (exact) mass is 390 g/mol.